The third-order valence-corrected chi connectivity index (χ3v) is 2.52. The third kappa shape index (κ3) is 3.14. The van der Waals surface area contributed by atoms with Crippen molar-refractivity contribution in [2.45, 2.75) is 32.8 Å². The molecule has 3 heteroatoms. The van der Waals surface area contributed by atoms with Crippen LogP contribution in [0.15, 0.2) is 12.2 Å². The molecule has 0 saturated carbocycles. The molecule has 1 aliphatic heterocycles. The molecule has 1 aliphatic rings. The maximum atomic E-state index is 10.9. The molecule has 1 saturated heterocycles. The number of esters is 1. The highest BCUT2D eigenvalue weighted by Gasteiger charge is 2.29. The van der Waals surface area contributed by atoms with Crippen molar-refractivity contribution < 1.29 is 14.3 Å². The van der Waals surface area contributed by atoms with Gasteiger partial charge >= 0.3 is 5.97 Å². The zero-order valence-corrected chi connectivity index (χ0v) is 8.86. The fraction of sp³-hybridized carbons (Fsp3) is 0.727. The number of carbonyl (C=O) groups excluding carboxylic acids is 1. The van der Waals surface area contributed by atoms with Gasteiger partial charge in [0.25, 0.3) is 0 Å². The van der Waals surface area contributed by atoms with Gasteiger partial charge < -0.3 is 9.47 Å². The van der Waals surface area contributed by atoms with Gasteiger partial charge in [0.2, 0.25) is 0 Å². The molecule has 0 aromatic carbocycles. The molecule has 0 N–H and O–H groups in total. The van der Waals surface area contributed by atoms with E-state index in [9.17, 15) is 4.79 Å². The van der Waals surface area contributed by atoms with Crippen molar-refractivity contribution in [2.75, 3.05) is 13.2 Å². The molecule has 0 spiro atoms. The molecule has 1 rings (SSSR count). The van der Waals surface area contributed by atoms with Gasteiger partial charge in [0.1, 0.15) is 0 Å². The average molecular weight is 198 g/mol. The molecule has 0 amide bonds. The zero-order chi connectivity index (χ0) is 10.4. The van der Waals surface area contributed by atoms with Crippen LogP contribution in [0.5, 0.6) is 0 Å². The molecule has 0 aliphatic carbocycles. The van der Waals surface area contributed by atoms with Gasteiger partial charge in [-0.05, 0) is 13.3 Å². The Morgan fingerprint density at radius 3 is 2.93 bits per heavy atom. The Hall–Kier alpha value is -0.830. The van der Waals surface area contributed by atoms with Gasteiger partial charge in [0.05, 0.1) is 19.3 Å². The third-order valence-electron chi connectivity index (χ3n) is 2.52. The lowest BCUT2D eigenvalue weighted by Crippen LogP contribution is -2.40. The summed E-state index contributed by atoms with van der Waals surface area (Å²) in [6, 6.07) is 0. The Bertz CT molecular complexity index is 209. The van der Waals surface area contributed by atoms with Crippen LogP contribution in [-0.2, 0) is 14.3 Å². The van der Waals surface area contributed by atoms with Gasteiger partial charge in [-0.2, -0.15) is 0 Å². The highest BCUT2D eigenvalue weighted by molar-refractivity contribution is 5.81. The number of ether oxygens (including phenoxy) is 2. The van der Waals surface area contributed by atoms with Crippen LogP contribution in [0.4, 0.5) is 0 Å². The quantitative estimate of drug-likeness (QED) is 0.500. The van der Waals surface area contributed by atoms with Crippen LogP contribution < -0.4 is 0 Å². The Balaban J connectivity index is 2.06. The van der Waals surface area contributed by atoms with Gasteiger partial charge in [0, 0.05) is 18.4 Å². The molecule has 0 aromatic heterocycles. The number of carbonyl (C=O) groups is 1. The van der Waals surface area contributed by atoms with E-state index in [-0.39, 0.29) is 5.97 Å². The molecule has 1 heterocycles. The van der Waals surface area contributed by atoms with E-state index in [1.807, 2.05) is 0 Å². The largest absolute Gasteiger partial charge is 0.462 e. The monoisotopic (exact) mass is 198 g/mol. The minimum Gasteiger partial charge on any atom is -0.462 e. The summed E-state index contributed by atoms with van der Waals surface area (Å²) in [7, 11) is 0. The van der Waals surface area contributed by atoms with Gasteiger partial charge in [-0.3, -0.25) is 0 Å². The van der Waals surface area contributed by atoms with Gasteiger partial charge in [-0.15, -0.1) is 0 Å². The second-order valence-corrected chi connectivity index (χ2v) is 3.50. The van der Waals surface area contributed by atoms with Crippen LogP contribution in [0, 0.1) is 5.92 Å². The standard InChI is InChI=1S/C11H18O3/c1-3-5-11(12)13-7-6-10-9(4-2)8-14-10/h3,5,9-10H,4,6-8H2,1-2H3. The molecule has 0 aromatic rings. The summed E-state index contributed by atoms with van der Waals surface area (Å²) in [5, 5.41) is 0. The fourth-order valence-corrected chi connectivity index (χ4v) is 1.53. The topological polar surface area (TPSA) is 35.5 Å². The summed E-state index contributed by atoms with van der Waals surface area (Å²) < 4.78 is 10.3. The zero-order valence-electron chi connectivity index (χ0n) is 8.86. The highest BCUT2D eigenvalue weighted by atomic mass is 16.5. The molecule has 0 bridgehead atoms. The van der Waals surface area contributed by atoms with Crippen LogP contribution in [0.3, 0.4) is 0 Å². The number of rotatable bonds is 5. The van der Waals surface area contributed by atoms with E-state index in [2.05, 4.69) is 6.92 Å². The number of hydrogen-bond donors (Lipinski definition) is 0. The van der Waals surface area contributed by atoms with Crippen molar-refractivity contribution in [1.82, 2.24) is 0 Å². The summed E-state index contributed by atoms with van der Waals surface area (Å²) in [6.45, 7) is 5.28. The van der Waals surface area contributed by atoms with E-state index < -0.39 is 0 Å². The normalized spacial score (nSPS) is 26.1. The fourth-order valence-electron chi connectivity index (χ4n) is 1.53. The van der Waals surface area contributed by atoms with Crippen LogP contribution in [0.25, 0.3) is 0 Å². The van der Waals surface area contributed by atoms with Gasteiger partial charge in [0.15, 0.2) is 0 Å². The van der Waals surface area contributed by atoms with Crippen LogP contribution in [-0.4, -0.2) is 25.3 Å². The number of hydrogen-bond acceptors (Lipinski definition) is 3. The smallest absolute Gasteiger partial charge is 0.330 e. The Kier molecular flexibility index (Phi) is 4.66. The molecule has 2 unspecified atom stereocenters. The lowest BCUT2D eigenvalue weighted by atomic mass is 9.93. The van der Waals surface area contributed by atoms with Crippen LogP contribution >= 0.6 is 0 Å². The lowest BCUT2D eigenvalue weighted by Gasteiger charge is -2.36. The maximum absolute atomic E-state index is 10.9. The highest BCUT2D eigenvalue weighted by Crippen LogP contribution is 2.25. The van der Waals surface area contributed by atoms with Gasteiger partial charge in [-0.1, -0.05) is 13.0 Å². The average Bonchev–Trinajstić information content (AvgIpc) is 2.12. The maximum Gasteiger partial charge on any atom is 0.330 e. The SMILES string of the molecule is CC=CC(=O)OCCC1OCC1CC. The van der Waals surface area contributed by atoms with Crippen molar-refractivity contribution in [3.63, 3.8) is 0 Å². The minimum atomic E-state index is -0.264. The molecular formula is C11H18O3. The molecule has 1 fully saturated rings. The van der Waals surface area contributed by atoms with Crippen molar-refractivity contribution in [2.24, 2.45) is 5.92 Å². The lowest BCUT2D eigenvalue weighted by molar-refractivity contribution is -0.145. The van der Waals surface area contributed by atoms with E-state index in [1.165, 1.54) is 6.08 Å². The Morgan fingerprint density at radius 1 is 1.64 bits per heavy atom. The van der Waals surface area contributed by atoms with Crippen molar-refractivity contribution in [3.8, 4) is 0 Å². The Labute approximate surface area is 85.1 Å². The van der Waals surface area contributed by atoms with Crippen molar-refractivity contribution in [1.29, 1.82) is 0 Å². The molecular weight excluding hydrogens is 180 g/mol. The Morgan fingerprint density at radius 2 is 2.43 bits per heavy atom. The first-order chi connectivity index (χ1) is 6.77. The molecule has 2 atom stereocenters. The van der Waals surface area contributed by atoms with E-state index in [0.29, 0.717) is 18.6 Å². The predicted octanol–water partition coefficient (Wildman–Crippen LogP) is 1.92. The molecule has 14 heavy (non-hydrogen) atoms. The molecule has 3 nitrogen and oxygen atoms in total. The summed E-state index contributed by atoms with van der Waals surface area (Å²) in [5.41, 5.74) is 0. The first-order valence-electron chi connectivity index (χ1n) is 5.19. The minimum absolute atomic E-state index is 0.264. The summed E-state index contributed by atoms with van der Waals surface area (Å²) >= 11 is 0. The second kappa shape index (κ2) is 5.81. The van der Waals surface area contributed by atoms with Crippen LogP contribution in [0.1, 0.15) is 26.7 Å². The summed E-state index contributed by atoms with van der Waals surface area (Å²) in [5.74, 6) is 0.398. The molecule has 80 valence electrons. The first kappa shape index (κ1) is 11.2. The number of allylic oxidation sites excluding steroid dienone is 1. The van der Waals surface area contributed by atoms with E-state index >= 15 is 0 Å². The second-order valence-electron chi connectivity index (χ2n) is 3.50. The summed E-state index contributed by atoms with van der Waals surface area (Å²) in [4.78, 5) is 10.9. The first-order valence-corrected chi connectivity index (χ1v) is 5.19. The van der Waals surface area contributed by atoms with Crippen molar-refractivity contribution in [3.05, 3.63) is 12.2 Å². The van der Waals surface area contributed by atoms with E-state index in [4.69, 9.17) is 9.47 Å². The predicted molar refractivity (Wildman–Crippen MR) is 53.9 cm³/mol. The summed E-state index contributed by atoms with van der Waals surface area (Å²) in [6.07, 6.45) is 5.38. The molecule has 0 radical (unpaired) electrons. The van der Waals surface area contributed by atoms with Gasteiger partial charge in [-0.25, -0.2) is 4.79 Å². The van der Waals surface area contributed by atoms with E-state index in [0.717, 1.165) is 19.4 Å². The van der Waals surface area contributed by atoms with Crippen LogP contribution in [0.2, 0.25) is 0 Å². The van der Waals surface area contributed by atoms with Crippen molar-refractivity contribution >= 4 is 5.97 Å². The van der Waals surface area contributed by atoms with E-state index in [1.54, 1.807) is 13.0 Å².